The van der Waals surface area contributed by atoms with Gasteiger partial charge in [-0.15, -0.1) is 5.10 Å². The van der Waals surface area contributed by atoms with E-state index >= 15 is 0 Å². The van der Waals surface area contributed by atoms with E-state index in [1.807, 2.05) is 30.3 Å². The molecule has 3 aromatic rings. The van der Waals surface area contributed by atoms with Gasteiger partial charge in [0.15, 0.2) is 5.69 Å². The van der Waals surface area contributed by atoms with Crippen LogP contribution < -0.4 is 0 Å². The molecule has 122 valence electrons. The molecule has 0 fully saturated rings. The number of hydrogen-bond donors (Lipinski definition) is 1. The average Bonchev–Trinajstić information content (AvgIpc) is 3.07. The first-order chi connectivity index (χ1) is 11.6. The summed E-state index contributed by atoms with van der Waals surface area (Å²) in [4.78, 5) is 12.0. The van der Waals surface area contributed by atoms with Crippen molar-refractivity contribution in [3.8, 4) is 22.4 Å². The first-order valence-electron chi connectivity index (χ1n) is 7.24. The summed E-state index contributed by atoms with van der Waals surface area (Å²) in [6.07, 6.45) is 0. The maximum Gasteiger partial charge on any atom is 0.361 e. The molecular formula is C17H13Cl2N3O2. The number of ether oxygens (including phenoxy) is 1. The van der Waals surface area contributed by atoms with E-state index in [-0.39, 0.29) is 12.3 Å². The van der Waals surface area contributed by atoms with Gasteiger partial charge in [0.1, 0.15) is 5.69 Å². The molecule has 0 saturated carbocycles. The molecule has 3 rings (SSSR count). The molecule has 24 heavy (non-hydrogen) atoms. The summed E-state index contributed by atoms with van der Waals surface area (Å²) >= 11 is 12.0. The van der Waals surface area contributed by atoms with E-state index in [2.05, 4.69) is 15.4 Å². The zero-order chi connectivity index (χ0) is 17.1. The van der Waals surface area contributed by atoms with Crippen LogP contribution in [-0.2, 0) is 4.74 Å². The third-order valence-electron chi connectivity index (χ3n) is 3.41. The van der Waals surface area contributed by atoms with E-state index in [0.29, 0.717) is 15.7 Å². The van der Waals surface area contributed by atoms with E-state index in [1.165, 1.54) is 0 Å². The molecule has 0 unspecified atom stereocenters. The summed E-state index contributed by atoms with van der Waals surface area (Å²) in [7, 11) is 0. The Morgan fingerprint density at radius 2 is 1.79 bits per heavy atom. The summed E-state index contributed by atoms with van der Waals surface area (Å²) < 4.78 is 5.00. The molecule has 5 nitrogen and oxygen atoms in total. The number of nitrogens with one attached hydrogen (secondary N) is 1. The minimum Gasteiger partial charge on any atom is -0.461 e. The summed E-state index contributed by atoms with van der Waals surface area (Å²) in [5.74, 6) is -0.513. The van der Waals surface area contributed by atoms with Crippen LogP contribution in [0.1, 0.15) is 17.4 Å². The van der Waals surface area contributed by atoms with Crippen LogP contribution in [-0.4, -0.2) is 28.0 Å². The topological polar surface area (TPSA) is 67.9 Å². The van der Waals surface area contributed by atoms with Crippen LogP contribution in [0.25, 0.3) is 22.4 Å². The van der Waals surface area contributed by atoms with Crippen molar-refractivity contribution < 1.29 is 9.53 Å². The highest BCUT2D eigenvalue weighted by molar-refractivity contribution is 6.42. The largest absolute Gasteiger partial charge is 0.461 e. The Labute approximate surface area is 148 Å². The Bertz CT molecular complexity index is 893. The highest BCUT2D eigenvalue weighted by Crippen LogP contribution is 2.31. The van der Waals surface area contributed by atoms with Crippen molar-refractivity contribution in [1.82, 2.24) is 15.4 Å². The molecule has 0 radical (unpaired) electrons. The van der Waals surface area contributed by atoms with Crippen LogP contribution >= 0.6 is 23.2 Å². The van der Waals surface area contributed by atoms with Gasteiger partial charge in [-0.2, -0.15) is 10.3 Å². The van der Waals surface area contributed by atoms with Crippen molar-refractivity contribution in [2.75, 3.05) is 6.61 Å². The van der Waals surface area contributed by atoms with Crippen molar-refractivity contribution in [2.24, 2.45) is 0 Å². The lowest BCUT2D eigenvalue weighted by molar-refractivity contribution is 0.0520. The number of nitrogens with zero attached hydrogens (tertiary/aromatic N) is 2. The lowest BCUT2D eigenvalue weighted by Gasteiger charge is -2.06. The van der Waals surface area contributed by atoms with Gasteiger partial charge in [0, 0.05) is 5.56 Å². The third-order valence-corrected chi connectivity index (χ3v) is 4.14. The van der Waals surface area contributed by atoms with E-state index < -0.39 is 5.97 Å². The fraction of sp³-hybridized carbons (Fsp3) is 0.118. The van der Waals surface area contributed by atoms with Crippen LogP contribution in [0.15, 0.2) is 42.5 Å². The number of aromatic nitrogens is 3. The number of carbonyl (C=O) groups excluding carboxylic acids is 1. The summed E-state index contributed by atoms with van der Waals surface area (Å²) in [5, 5.41) is 11.4. The monoisotopic (exact) mass is 361 g/mol. The molecule has 0 atom stereocenters. The Kier molecular flexibility index (Phi) is 4.83. The van der Waals surface area contributed by atoms with Gasteiger partial charge in [0.05, 0.1) is 16.7 Å². The van der Waals surface area contributed by atoms with Crippen LogP contribution in [0.3, 0.4) is 0 Å². The molecule has 1 aromatic heterocycles. The Morgan fingerprint density at radius 1 is 1.04 bits per heavy atom. The van der Waals surface area contributed by atoms with E-state index in [0.717, 1.165) is 16.7 Å². The van der Waals surface area contributed by atoms with Gasteiger partial charge in [0.2, 0.25) is 0 Å². The van der Waals surface area contributed by atoms with Crippen LogP contribution in [0.4, 0.5) is 0 Å². The highest BCUT2D eigenvalue weighted by atomic mass is 35.5. The quantitative estimate of drug-likeness (QED) is 0.688. The second-order valence-electron chi connectivity index (χ2n) is 4.95. The van der Waals surface area contributed by atoms with Gasteiger partial charge < -0.3 is 4.74 Å². The Balaban J connectivity index is 2.01. The maximum atomic E-state index is 12.0. The molecule has 0 aliphatic carbocycles. The van der Waals surface area contributed by atoms with Crippen molar-refractivity contribution in [3.63, 3.8) is 0 Å². The number of rotatable bonds is 4. The van der Waals surface area contributed by atoms with Crippen LogP contribution in [0, 0.1) is 0 Å². The smallest absolute Gasteiger partial charge is 0.361 e. The second kappa shape index (κ2) is 7.03. The number of esters is 1. The maximum absolute atomic E-state index is 12.0. The Morgan fingerprint density at radius 3 is 2.54 bits per heavy atom. The Hall–Kier alpha value is -2.37. The fourth-order valence-electron chi connectivity index (χ4n) is 2.30. The zero-order valence-electron chi connectivity index (χ0n) is 12.7. The third kappa shape index (κ3) is 3.27. The van der Waals surface area contributed by atoms with Crippen molar-refractivity contribution >= 4 is 29.2 Å². The van der Waals surface area contributed by atoms with Gasteiger partial charge in [-0.1, -0.05) is 47.5 Å². The lowest BCUT2D eigenvalue weighted by Crippen LogP contribution is -2.06. The van der Waals surface area contributed by atoms with Crippen LogP contribution in [0.5, 0.6) is 0 Å². The van der Waals surface area contributed by atoms with Gasteiger partial charge in [-0.25, -0.2) is 4.79 Å². The zero-order valence-corrected chi connectivity index (χ0v) is 14.2. The van der Waals surface area contributed by atoms with Gasteiger partial charge >= 0.3 is 5.97 Å². The van der Waals surface area contributed by atoms with Gasteiger partial charge in [-0.05, 0) is 36.2 Å². The lowest BCUT2D eigenvalue weighted by atomic mass is 10.0. The summed E-state index contributed by atoms with van der Waals surface area (Å²) in [6.45, 7) is 2.01. The molecule has 0 spiro atoms. The van der Waals surface area contributed by atoms with Crippen LogP contribution in [0.2, 0.25) is 10.0 Å². The molecule has 0 saturated heterocycles. The molecule has 0 aliphatic heterocycles. The van der Waals surface area contributed by atoms with E-state index in [4.69, 9.17) is 27.9 Å². The molecule has 7 heteroatoms. The minimum absolute atomic E-state index is 0.156. The van der Waals surface area contributed by atoms with Crippen molar-refractivity contribution in [3.05, 3.63) is 58.2 Å². The molecule has 2 aromatic carbocycles. The first-order valence-corrected chi connectivity index (χ1v) is 7.99. The van der Waals surface area contributed by atoms with Crippen molar-refractivity contribution in [1.29, 1.82) is 0 Å². The number of carbonyl (C=O) groups is 1. The molecule has 0 amide bonds. The van der Waals surface area contributed by atoms with E-state index in [9.17, 15) is 4.79 Å². The predicted octanol–water partition coefficient (Wildman–Crippen LogP) is 4.62. The van der Waals surface area contributed by atoms with E-state index in [1.54, 1.807) is 19.1 Å². The molecule has 0 aliphatic rings. The summed E-state index contributed by atoms with van der Waals surface area (Å²) in [5.41, 5.74) is 3.17. The summed E-state index contributed by atoms with van der Waals surface area (Å²) in [6, 6.07) is 13.0. The number of benzene rings is 2. The average molecular weight is 362 g/mol. The predicted molar refractivity (Wildman–Crippen MR) is 93.2 cm³/mol. The van der Waals surface area contributed by atoms with Gasteiger partial charge in [-0.3, -0.25) is 0 Å². The number of H-pyrrole nitrogens is 1. The SMILES string of the molecule is CCOC(=O)c1n[nH]nc1-c1cccc(-c2ccc(Cl)c(Cl)c2)c1. The van der Waals surface area contributed by atoms with Gasteiger partial charge in [0.25, 0.3) is 0 Å². The highest BCUT2D eigenvalue weighted by Gasteiger charge is 2.19. The minimum atomic E-state index is -0.513. The second-order valence-corrected chi connectivity index (χ2v) is 5.77. The van der Waals surface area contributed by atoms with Crippen molar-refractivity contribution in [2.45, 2.75) is 6.92 Å². The normalized spacial score (nSPS) is 10.6. The molecular weight excluding hydrogens is 349 g/mol. The molecule has 1 heterocycles. The number of aromatic amines is 1. The standard InChI is InChI=1S/C17H13Cl2N3O2/c1-2-24-17(23)16-15(20-22-21-16)12-5-3-4-10(8-12)11-6-7-13(18)14(19)9-11/h3-9H,2H2,1H3,(H,20,21,22). The molecule has 1 N–H and O–H groups in total. The fourth-order valence-corrected chi connectivity index (χ4v) is 2.59. The molecule has 0 bridgehead atoms. The number of hydrogen-bond acceptors (Lipinski definition) is 4. The first kappa shape index (κ1) is 16.5. The number of halogens is 2.